The van der Waals surface area contributed by atoms with Crippen LogP contribution >= 0.6 is 0 Å². The van der Waals surface area contributed by atoms with Crippen LogP contribution in [-0.2, 0) is 4.79 Å². The number of benzene rings is 1. The van der Waals surface area contributed by atoms with Gasteiger partial charge >= 0.3 is 5.97 Å². The number of hydrogen-bond acceptors (Lipinski definition) is 1. The Morgan fingerprint density at radius 1 is 0.704 bits per heavy atom. The lowest BCUT2D eigenvalue weighted by Crippen LogP contribution is -2.11. The van der Waals surface area contributed by atoms with Crippen molar-refractivity contribution in [1.82, 2.24) is 0 Å². The molecular weight excluding hydrogens is 332 g/mol. The molecule has 0 aliphatic carbocycles. The molecule has 0 heterocycles. The van der Waals surface area contributed by atoms with E-state index in [0.29, 0.717) is 0 Å². The van der Waals surface area contributed by atoms with E-state index in [1.165, 1.54) is 83.5 Å². The molecule has 1 unspecified atom stereocenters. The van der Waals surface area contributed by atoms with E-state index in [1.807, 2.05) is 30.3 Å². The number of aliphatic carboxylic acids is 1. The van der Waals surface area contributed by atoms with Gasteiger partial charge in [0.05, 0.1) is 5.92 Å². The third-order valence-corrected chi connectivity index (χ3v) is 5.60. The smallest absolute Gasteiger partial charge is 0.310 e. The second-order valence-corrected chi connectivity index (χ2v) is 8.04. The number of carboxylic acids is 1. The van der Waals surface area contributed by atoms with E-state index >= 15 is 0 Å². The highest BCUT2D eigenvalue weighted by Crippen LogP contribution is 2.23. The molecule has 0 bridgehead atoms. The Bertz CT molecular complexity index is 455. The summed E-state index contributed by atoms with van der Waals surface area (Å²) in [7, 11) is 0. The molecular formula is C25H42O2. The van der Waals surface area contributed by atoms with Crippen molar-refractivity contribution in [2.24, 2.45) is 0 Å². The quantitative estimate of drug-likeness (QED) is 0.263. The van der Waals surface area contributed by atoms with Crippen molar-refractivity contribution >= 4 is 5.97 Å². The van der Waals surface area contributed by atoms with E-state index in [4.69, 9.17) is 0 Å². The van der Waals surface area contributed by atoms with Crippen molar-refractivity contribution in [3.05, 3.63) is 35.9 Å². The van der Waals surface area contributed by atoms with Crippen molar-refractivity contribution in [2.45, 2.75) is 116 Å². The van der Waals surface area contributed by atoms with Crippen molar-refractivity contribution in [1.29, 1.82) is 0 Å². The van der Waals surface area contributed by atoms with Gasteiger partial charge in [-0.15, -0.1) is 0 Å². The van der Waals surface area contributed by atoms with Crippen molar-refractivity contribution in [3.63, 3.8) is 0 Å². The molecule has 27 heavy (non-hydrogen) atoms. The number of carbonyl (C=O) groups is 1. The minimum atomic E-state index is -0.688. The molecule has 1 aromatic rings. The highest BCUT2D eigenvalue weighted by molar-refractivity contribution is 5.75. The molecule has 2 nitrogen and oxygen atoms in total. The Morgan fingerprint density at radius 2 is 1.11 bits per heavy atom. The molecule has 1 atom stereocenters. The van der Waals surface area contributed by atoms with Crippen molar-refractivity contribution in [2.75, 3.05) is 0 Å². The maximum atomic E-state index is 11.5. The fraction of sp³-hybridized carbons (Fsp3) is 0.720. The van der Waals surface area contributed by atoms with Crippen molar-refractivity contribution < 1.29 is 9.90 Å². The molecule has 0 saturated heterocycles. The second kappa shape index (κ2) is 16.8. The maximum Gasteiger partial charge on any atom is 0.310 e. The lowest BCUT2D eigenvalue weighted by atomic mass is 9.93. The lowest BCUT2D eigenvalue weighted by molar-refractivity contribution is -0.139. The molecule has 1 rings (SSSR count). The van der Waals surface area contributed by atoms with Crippen LogP contribution in [0.25, 0.3) is 0 Å². The fourth-order valence-electron chi connectivity index (χ4n) is 3.84. The molecule has 0 spiro atoms. The molecule has 1 aromatic carbocycles. The summed E-state index contributed by atoms with van der Waals surface area (Å²) in [6.45, 7) is 2.28. The molecule has 0 radical (unpaired) electrons. The first-order chi connectivity index (χ1) is 13.3. The molecule has 0 saturated carbocycles. The summed E-state index contributed by atoms with van der Waals surface area (Å²) >= 11 is 0. The van der Waals surface area contributed by atoms with Gasteiger partial charge in [-0.3, -0.25) is 4.79 Å². The van der Waals surface area contributed by atoms with E-state index in [1.54, 1.807) is 0 Å². The molecule has 0 fully saturated rings. The number of unbranched alkanes of at least 4 members (excludes halogenated alkanes) is 14. The monoisotopic (exact) mass is 374 g/mol. The van der Waals surface area contributed by atoms with Crippen LogP contribution in [0, 0.1) is 0 Å². The van der Waals surface area contributed by atoms with Gasteiger partial charge in [0, 0.05) is 0 Å². The zero-order valence-electron chi connectivity index (χ0n) is 17.6. The van der Waals surface area contributed by atoms with Crippen molar-refractivity contribution in [3.8, 4) is 0 Å². The Morgan fingerprint density at radius 3 is 1.52 bits per heavy atom. The molecule has 0 amide bonds. The Hall–Kier alpha value is -1.31. The van der Waals surface area contributed by atoms with Gasteiger partial charge in [0.15, 0.2) is 0 Å². The summed E-state index contributed by atoms with van der Waals surface area (Å²) in [6.07, 6.45) is 20.9. The zero-order valence-corrected chi connectivity index (χ0v) is 17.6. The highest BCUT2D eigenvalue weighted by atomic mass is 16.4. The van der Waals surface area contributed by atoms with Crippen LogP contribution in [0.15, 0.2) is 30.3 Å². The van der Waals surface area contributed by atoms with Crippen LogP contribution < -0.4 is 0 Å². The normalized spacial score (nSPS) is 12.2. The topological polar surface area (TPSA) is 37.3 Å². The Balaban J connectivity index is 1.90. The van der Waals surface area contributed by atoms with E-state index in [2.05, 4.69) is 6.92 Å². The predicted molar refractivity (Wildman–Crippen MR) is 116 cm³/mol. The summed E-state index contributed by atoms with van der Waals surface area (Å²) in [5, 5.41) is 9.44. The largest absolute Gasteiger partial charge is 0.481 e. The predicted octanol–water partition coefficient (Wildman–Crippen LogP) is 8.12. The van der Waals surface area contributed by atoms with E-state index in [0.717, 1.165) is 24.8 Å². The minimum Gasteiger partial charge on any atom is -0.481 e. The molecule has 1 N–H and O–H groups in total. The van der Waals surface area contributed by atoms with Crippen LogP contribution in [0.4, 0.5) is 0 Å². The summed E-state index contributed by atoms with van der Waals surface area (Å²) in [6, 6.07) is 9.67. The van der Waals surface area contributed by atoms with Crippen LogP contribution in [0.5, 0.6) is 0 Å². The molecule has 0 aromatic heterocycles. The van der Waals surface area contributed by atoms with Crippen LogP contribution in [0.1, 0.15) is 121 Å². The first-order valence-corrected chi connectivity index (χ1v) is 11.5. The standard InChI is InChI=1S/C25H42O2/c1-2-3-4-5-6-7-8-9-10-11-12-13-14-15-19-22-24(25(26)27)23-20-17-16-18-21-23/h16-18,20-21,24H,2-15,19,22H2,1H3,(H,26,27). The zero-order chi connectivity index (χ0) is 19.6. The average Bonchev–Trinajstić information content (AvgIpc) is 2.68. The summed E-state index contributed by atoms with van der Waals surface area (Å²) < 4.78 is 0. The minimum absolute atomic E-state index is 0.340. The SMILES string of the molecule is CCCCCCCCCCCCCCCCCC(C(=O)O)c1ccccc1. The van der Waals surface area contributed by atoms with Crippen LogP contribution in [-0.4, -0.2) is 11.1 Å². The maximum absolute atomic E-state index is 11.5. The highest BCUT2D eigenvalue weighted by Gasteiger charge is 2.18. The summed E-state index contributed by atoms with van der Waals surface area (Å²) in [4.78, 5) is 11.5. The van der Waals surface area contributed by atoms with E-state index in [-0.39, 0.29) is 5.92 Å². The lowest BCUT2D eigenvalue weighted by Gasteiger charge is -2.12. The number of carboxylic acid groups (broad SMARTS) is 1. The van der Waals surface area contributed by atoms with Crippen LogP contribution in [0.2, 0.25) is 0 Å². The van der Waals surface area contributed by atoms with Gasteiger partial charge in [0.2, 0.25) is 0 Å². The third-order valence-electron chi connectivity index (χ3n) is 5.60. The van der Waals surface area contributed by atoms with Gasteiger partial charge in [-0.1, -0.05) is 134 Å². The van der Waals surface area contributed by atoms with Gasteiger partial charge in [-0.25, -0.2) is 0 Å². The fourth-order valence-corrected chi connectivity index (χ4v) is 3.84. The molecule has 0 aliphatic heterocycles. The van der Waals surface area contributed by atoms with Gasteiger partial charge in [-0.05, 0) is 12.0 Å². The van der Waals surface area contributed by atoms with Gasteiger partial charge in [0.25, 0.3) is 0 Å². The van der Waals surface area contributed by atoms with Crippen LogP contribution in [0.3, 0.4) is 0 Å². The summed E-state index contributed by atoms with van der Waals surface area (Å²) in [5.74, 6) is -1.03. The average molecular weight is 375 g/mol. The first-order valence-electron chi connectivity index (χ1n) is 11.5. The second-order valence-electron chi connectivity index (χ2n) is 8.04. The number of hydrogen-bond donors (Lipinski definition) is 1. The van der Waals surface area contributed by atoms with Gasteiger partial charge in [0.1, 0.15) is 0 Å². The van der Waals surface area contributed by atoms with E-state index in [9.17, 15) is 9.90 Å². The Kier molecular flexibility index (Phi) is 14.8. The molecule has 154 valence electrons. The van der Waals surface area contributed by atoms with Gasteiger partial charge < -0.3 is 5.11 Å². The molecule has 0 aliphatic rings. The van der Waals surface area contributed by atoms with E-state index < -0.39 is 5.97 Å². The summed E-state index contributed by atoms with van der Waals surface area (Å²) in [5.41, 5.74) is 0.940. The third kappa shape index (κ3) is 12.7. The first kappa shape index (κ1) is 23.7. The Labute approximate surface area is 167 Å². The number of rotatable bonds is 18. The molecule has 2 heteroatoms. The van der Waals surface area contributed by atoms with Gasteiger partial charge in [-0.2, -0.15) is 0 Å².